The highest BCUT2D eigenvalue weighted by Crippen LogP contribution is 2.38. The van der Waals surface area contributed by atoms with Gasteiger partial charge in [-0.2, -0.15) is 0 Å². The summed E-state index contributed by atoms with van der Waals surface area (Å²) < 4.78 is 34.0. The van der Waals surface area contributed by atoms with Gasteiger partial charge in [0.25, 0.3) is 11.1 Å². The Morgan fingerprint density at radius 2 is 1.76 bits per heavy atom. The van der Waals surface area contributed by atoms with Gasteiger partial charge in [-0.05, 0) is 91.7 Å². The van der Waals surface area contributed by atoms with Crippen LogP contribution >= 0.6 is 55.2 Å². The van der Waals surface area contributed by atoms with Crippen LogP contribution in [0, 0.1) is 11.6 Å². The molecule has 0 bridgehead atoms. The van der Waals surface area contributed by atoms with Gasteiger partial charge in [-0.15, -0.1) is 0 Å². The van der Waals surface area contributed by atoms with Crippen LogP contribution in [0.25, 0.3) is 6.08 Å². The van der Waals surface area contributed by atoms with Gasteiger partial charge >= 0.3 is 0 Å². The third-order valence-corrected chi connectivity index (χ3v) is 7.40. The average molecular weight is 673 g/mol. The Morgan fingerprint density at radius 3 is 2.43 bits per heavy atom. The highest BCUT2D eigenvalue weighted by Gasteiger charge is 2.36. The van der Waals surface area contributed by atoms with E-state index in [9.17, 15) is 23.2 Å². The average Bonchev–Trinajstić information content (AvgIpc) is 3.09. The number of thioether (sulfide) groups is 1. The molecule has 3 aromatic carbocycles. The molecule has 1 fully saturated rings. The predicted octanol–water partition coefficient (Wildman–Crippen LogP) is 7.40. The SMILES string of the molecule is O=C(CN1C(=O)S/C(=C/c2cc(Br)c(OCc3ccccc3F)c(Br)c2)C1=O)Nc1ccc(F)c(Cl)c1. The first kappa shape index (κ1) is 27.3. The molecular weight excluding hydrogens is 658 g/mol. The molecule has 0 unspecified atom stereocenters. The van der Waals surface area contributed by atoms with Gasteiger partial charge in [0.05, 0.1) is 18.9 Å². The molecule has 1 saturated heterocycles. The summed E-state index contributed by atoms with van der Waals surface area (Å²) in [4.78, 5) is 38.5. The first-order chi connectivity index (χ1) is 17.6. The molecule has 190 valence electrons. The maximum Gasteiger partial charge on any atom is 0.294 e. The van der Waals surface area contributed by atoms with Gasteiger partial charge in [0, 0.05) is 11.3 Å². The van der Waals surface area contributed by atoms with Crippen LogP contribution in [0.2, 0.25) is 5.02 Å². The first-order valence-electron chi connectivity index (χ1n) is 10.5. The Labute approximate surface area is 236 Å². The van der Waals surface area contributed by atoms with E-state index in [4.69, 9.17) is 16.3 Å². The fourth-order valence-corrected chi connectivity index (χ4v) is 5.74. The van der Waals surface area contributed by atoms with Crippen LogP contribution in [-0.4, -0.2) is 28.5 Å². The molecule has 37 heavy (non-hydrogen) atoms. The van der Waals surface area contributed by atoms with Crippen LogP contribution in [0.5, 0.6) is 5.75 Å². The number of benzene rings is 3. The number of carbonyl (C=O) groups is 3. The minimum atomic E-state index is -0.645. The summed E-state index contributed by atoms with van der Waals surface area (Å²) >= 11 is 13.2. The van der Waals surface area contributed by atoms with E-state index in [0.717, 1.165) is 11.0 Å². The lowest BCUT2D eigenvalue weighted by Gasteiger charge is -2.13. The number of anilines is 1. The largest absolute Gasteiger partial charge is 0.486 e. The summed E-state index contributed by atoms with van der Waals surface area (Å²) in [5.41, 5.74) is 1.20. The summed E-state index contributed by atoms with van der Waals surface area (Å²) in [5, 5.41) is 1.70. The maximum absolute atomic E-state index is 13.9. The van der Waals surface area contributed by atoms with E-state index in [1.807, 2.05) is 0 Å². The van der Waals surface area contributed by atoms with Crippen LogP contribution in [-0.2, 0) is 16.2 Å². The molecule has 1 heterocycles. The second-order valence-electron chi connectivity index (χ2n) is 7.64. The van der Waals surface area contributed by atoms with Gasteiger partial charge in [0.2, 0.25) is 5.91 Å². The number of ether oxygens (including phenoxy) is 1. The fraction of sp³-hybridized carbons (Fsp3) is 0.0800. The van der Waals surface area contributed by atoms with Gasteiger partial charge < -0.3 is 10.1 Å². The van der Waals surface area contributed by atoms with E-state index >= 15 is 0 Å². The lowest BCUT2D eigenvalue weighted by molar-refractivity contribution is -0.127. The number of hydrogen-bond acceptors (Lipinski definition) is 5. The van der Waals surface area contributed by atoms with Crippen LogP contribution in [0.15, 0.2) is 68.4 Å². The number of amides is 3. The number of halogens is 5. The molecule has 0 saturated carbocycles. The zero-order valence-electron chi connectivity index (χ0n) is 18.6. The zero-order valence-corrected chi connectivity index (χ0v) is 23.3. The number of rotatable bonds is 7. The summed E-state index contributed by atoms with van der Waals surface area (Å²) in [6.45, 7) is -0.512. The number of hydrogen-bond donors (Lipinski definition) is 1. The molecule has 12 heteroatoms. The minimum Gasteiger partial charge on any atom is -0.486 e. The molecule has 3 amide bonds. The van der Waals surface area contributed by atoms with Crippen LogP contribution in [0.1, 0.15) is 11.1 Å². The minimum absolute atomic E-state index is 0.00823. The van der Waals surface area contributed by atoms with Crippen molar-refractivity contribution in [3.8, 4) is 5.75 Å². The summed E-state index contributed by atoms with van der Waals surface area (Å²) in [6, 6.07) is 13.3. The molecule has 4 rings (SSSR count). The van der Waals surface area contributed by atoms with E-state index in [1.165, 1.54) is 24.3 Å². The zero-order chi connectivity index (χ0) is 26.7. The van der Waals surface area contributed by atoms with Crippen molar-refractivity contribution in [2.45, 2.75) is 6.61 Å². The monoisotopic (exact) mass is 670 g/mol. The standard InChI is InChI=1S/C25H15Br2ClF2N2O4S/c26-16-7-13(8-17(27)23(16)36-12-14-3-1-2-4-19(14)29)9-21-24(34)32(25(35)37-21)11-22(33)31-15-5-6-20(30)18(28)10-15/h1-10H,11-12H2,(H,31,33)/b21-9+. The van der Waals surface area contributed by atoms with E-state index in [2.05, 4.69) is 37.2 Å². The highest BCUT2D eigenvalue weighted by molar-refractivity contribution is 9.11. The van der Waals surface area contributed by atoms with Crippen molar-refractivity contribution in [1.29, 1.82) is 0 Å². The van der Waals surface area contributed by atoms with Crippen molar-refractivity contribution in [1.82, 2.24) is 4.90 Å². The molecule has 3 aromatic rings. The third-order valence-electron chi connectivity index (χ3n) is 5.03. The Morgan fingerprint density at radius 1 is 1.05 bits per heavy atom. The molecule has 0 aliphatic carbocycles. The Hall–Kier alpha value is -2.73. The molecule has 0 radical (unpaired) electrons. The van der Waals surface area contributed by atoms with Gasteiger partial charge in [-0.25, -0.2) is 8.78 Å². The third kappa shape index (κ3) is 6.59. The molecule has 0 spiro atoms. The van der Waals surface area contributed by atoms with Gasteiger partial charge in [0.15, 0.2) is 0 Å². The molecular formula is C25H15Br2ClF2N2O4S. The molecule has 0 atom stereocenters. The van der Waals surface area contributed by atoms with E-state index in [1.54, 1.807) is 30.3 Å². The first-order valence-corrected chi connectivity index (χ1v) is 13.3. The van der Waals surface area contributed by atoms with E-state index in [-0.39, 0.29) is 28.0 Å². The Kier molecular flexibility index (Phi) is 8.68. The van der Waals surface area contributed by atoms with Crippen LogP contribution in [0.3, 0.4) is 0 Å². The lowest BCUT2D eigenvalue weighted by atomic mass is 10.2. The summed E-state index contributed by atoms with van der Waals surface area (Å²) in [5.74, 6) is -1.86. The fourth-order valence-electron chi connectivity index (χ4n) is 3.27. The van der Waals surface area contributed by atoms with Gasteiger partial charge in [-0.3, -0.25) is 19.3 Å². The summed E-state index contributed by atoms with van der Waals surface area (Å²) in [7, 11) is 0. The molecule has 1 aliphatic heterocycles. The summed E-state index contributed by atoms with van der Waals surface area (Å²) in [6.07, 6.45) is 1.51. The Balaban J connectivity index is 1.44. The van der Waals surface area contributed by atoms with E-state index < -0.39 is 29.4 Å². The molecule has 1 aliphatic rings. The van der Waals surface area contributed by atoms with Gasteiger partial charge in [0.1, 0.15) is 30.5 Å². The number of carbonyl (C=O) groups excluding carboxylic acids is 3. The number of nitrogens with zero attached hydrogens (tertiary/aromatic N) is 1. The molecule has 6 nitrogen and oxygen atoms in total. The predicted molar refractivity (Wildman–Crippen MR) is 145 cm³/mol. The van der Waals surface area contributed by atoms with Crippen LogP contribution in [0.4, 0.5) is 19.3 Å². The van der Waals surface area contributed by atoms with Crippen molar-refractivity contribution in [3.05, 3.63) is 96.2 Å². The smallest absolute Gasteiger partial charge is 0.294 e. The van der Waals surface area contributed by atoms with Crippen molar-refractivity contribution in [2.24, 2.45) is 0 Å². The molecule has 1 N–H and O–H groups in total. The number of nitrogens with one attached hydrogen (secondary N) is 1. The molecule has 0 aromatic heterocycles. The number of imide groups is 1. The van der Waals surface area contributed by atoms with Crippen molar-refractivity contribution in [2.75, 3.05) is 11.9 Å². The normalized spacial score (nSPS) is 14.4. The van der Waals surface area contributed by atoms with Crippen LogP contribution < -0.4 is 10.1 Å². The lowest BCUT2D eigenvalue weighted by Crippen LogP contribution is -2.36. The van der Waals surface area contributed by atoms with Crippen molar-refractivity contribution < 1.29 is 27.9 Å². The van der Waals surface area contributed by atoms with Crippen molar-refractivity contribution >= 4 is 84.0 Å². The topological polar surface area (TPSA) is 75.7 Å². The Bertz CT molecular complexity index is 1430. The second-order valence-corrected chi connectivity index (χ2v) is 10.7. The second kappa shape index (κ2) is 11.8. The quantitative estimate of drug-likeness (QED) is 0.265. The van der Waals surface area contributed by atoms with E-state index in [0.29, 0.717) is 37.6 Å². The maximum atomic E-state index is 13.9. The van der Waals surface area contributed by atoms with Gasteiger partial charge in [-0.1, -0.05) is 29.8 Å². The van der Waals surface area contributed by atoms with Crippen molar-refractivity contribution in [3.63, 3.8) is 0 Å². The highest BCUT2D eigenvalue weighted by atomic mass is 79.9.